The third kappa shape index (κ3) is 5.75. The molecule has 2 heteroatoms. The van der Waals surface area contributed by atoms with Crippen molar-refractivity contribution in [2.75, 3.05) is 4.90 Å². The van der Waals surface area contributed by atoms with Crippen LogP contribution < -0.4 is 4.90 Å². The van der Waals surface area contributed by atoms with Crippen LogP contribution >= 0.6 is 0 Å². The predicted octanol–water partition coefficient (Wildman–Crippen LogP) is 14.1. The second-order valence-corrected chi connectivity index (χ2v) is 15.5. The zero-order valence-corrected chi connectivity index (χ0v) is 29.8. The summed E-state index contributed by atoms with van der Waals surface area (Å²) in [5.74, 6) is 0. The largest absolute Gasteiger partial charge is 0.456 e. The number of hydrogen-bond acceptors (Lipinski definition) is 2. The molecule has 7 aromatic carbocycles. The summed E-state index contributed by atoms with van der Waals surface area (Å²) in [5.41, 5.74) is 12.5. The Bertz CT molecular complexity index is 2490. The van der Waals surface area contributed by atoms with Crippen molar-refractivity contribution in [1.29, 1.82) is 0 Å². The molecule has 0 saturated heterocycles. The van der Waals surface area contributed by atoms with Crippen LogP contribution in [0, 0.1) is 0 Å². The summed E-state index contributed by atoms with van der Waals surface area (Å²) < 4.78 is 6.57. The lowest BCUT2D eigenvalue weighted by atomic mass is 9.86. The average molecular weight is 650 g/mol. The van der Waals surface area contributed by atoms with Gasteiger partial charge >= 0.3 is 0 Å². The quantitative estimate of drug-likeness (QED) is 0.184. The van der Waals surface area contributed by atoms with Crippen LogP contribution in [0.5, 0.6) is 0 Å². The van der Waals surface area contributed by atoms with E-state index in [1.54, 1.807) is 0 Å². The van der Waals surface area contributed by atoms with Gasteiger partial charge in [-0.2, -0.15) is 0 Å². The first kappa shape index (κ1) is 31.7. The maximum atomic E-state index is 6.57. The van der Waals surface area contributed by atoms with E-state index in [0.717, 1.165) is 39.0 Å². The highest BCUT2D eigenvalue weighted by Crippen LogP contribution is 2.46. The lowest BCUT2D eigenvalue weighted by molar-refractivity contribution is 0.590. The predicted molar refractivity (Wildman–Crippen MR) is 214 cm³/mol. The molecule has 8 aromatic rings. The van der Waals surface area contributed by atoms with Crippen LogP contribution in [0.3, 0.4) is 0 Å². The van der Waals surface area contributed by atoms with E-state index in [1.807, 2.05) is 0 Å². The van der Waals surface area contributed by atoms with Gasteiger partial charge in [-0.15, -0.1) is 0 Å². The molecule has 8 rings (SSSR count). The highest BCUT2D eigenvalue weighted by Gasteiger charge is 2.23. The SMILES string of the molecule is CC(C)(C)c1ccc(N(c2ccc3c(c2)oc2ccc(C(C)(C)C)cc23)c2ccc3ccccc3c2-c2cccc(-c3ccccc3)c2)cc1. The van der Waals surface area contributed by atoms with Crippen molar-refractivity contribution in [3.05, 3.63) is 163 Å². The van der Waals surface area contributed by atoms with Crippen LogP contribution in [-0.4, -0.2) is 0 Å². The van der Waals surface area contributed by atoms with Gasteiger partial charge < -0.3 is 9.32 Å². The molecular formula is C48H43NO. The smallest absolute Gasteiger partial charge is 0.137 e. The highest BCUT2D eigenvalue weighted by molar-refractivity contribution is 6.08. The lowest BCUT2D eigenvalue weighted by Gasteiger charge is -2.29. The second kappa shape index (κ2) is 12.1. The third-order valence-corrected chi connectivity index (χ3v) is 9.98. The molecule has 0 unspecified atom stereocenters. The fourth-order valence-corrected chi connectivity index (χ4v) is 7.14. The molecule has 0 N–H and O–H groups in total. The molecule has 0 fully saturated rings. The van der Waals surface area contributed by atoms with Crippen molar-refractivity contribution >= 4 is 49.8 Å². The summed E-state index contributed by atoms with van der Waals surface area (Å²) >= 11 is 0. The van der Waals surface area contributed by atoms with Crippen molar-refractivity contribution in [2.45, 2.75) is 52.4 Å². The van der Waals surface area contributed by atoms with Gasteiger partial charge in [-0.1, -0.05) is 139 Å². The Hall–Kier alpha value is -5.60. The molecule has 0 atom stereocenters. The van der Waals surface area contributed by atoms with Crippen molar-refractivity contribution in [3.63, 3.8) is 0 Å². The van der Waals surface area contributed by atoms with Gasteiger partial charge in [0.25, 0.3) is 0 Å². The number of nitrogens with zero attached hydrogens (tertiary/aromatic N) is 1. The molecule has 0 aliphatic heterocycles. The monoisotopic (exact) mass is 649 g/mol. The third-order valence-electron chi connectivity index (χ3n) is 9.98. The van der Waals surface area contributed by atoms with E-state index in [1.165, 1.54) is 44.2 Å². The molecule has 246 valence electrons. The van der Waals surface area contributed by atoms with Crippen molar-refractivity contribution in [1.82, 2.24) is 0 Å². The Balaban J connectivity index is 1.38. The molecule has 50 heavy (non-hydrogen) atoms. The zero-order chi connectivity index (χ0) is 34.6. The van der Waals surface area contributed by atoms with Crippen LogP contribution in [-0.2, 0) is 10.8 Å². The fraction of sp³-hybridized carbons (Fsp3) is 0.167. The second-order valence-electron chi connectivity index (χ2n) is 15.5. The Morgan fingerprint density at radius 1 is 0.420 bits per heavy atom. The maximum Gasteiger partial charge on any atom is 0.137 e. The van der Waals surface area contributed by atoms with Crippen molar-refractivity contribution in [3.8, 4) is 22.3 Å². The van der Waals surface area contributed by atoms with Gasteiger partial charge in [-0.25, -0.2) is 0 Å². The summed E-state index contributed by atoms with van der Waals surface area (Å²) in [4.78, 5) is 2.40. The summed E-state index contributed by atoms with van der Waals surface area (Å²) in [6.45, 7) is 13.6. The number of fused-ring (bicyclic) bond motifs is 4. The molecule has 0 bridgehead atoms. The minimum Gasteiger partial charge on any atom is -0.456 e. The van der Waals surface area contributed by atoms with Crippen molar-refractivity contribution in [2.24, 2.45) is 0 Å². The first-order valence-corrected chi connectivity index (χ1v) is 17.6. The normalized spacial score (nSPS) is 12.2. The number of rotatable bonds is 5. The van der Waals surface area contributed by atoms with E-state index < -0.39 is 0 Å². The van der Waals surface area contributed by atoms with Gasteiger partial charge in [0.15, 0.2) is 0 Å². The Morgan fingerprint density at radius 3 is 1.84 bits per heavy atom. The zero-order valence-electron chi connectivity index (χ0n) is 29.8. The topological polar surface area (TPSA) is 16.4 Å². The Kier molecular flexibility index (Phi) is 7.64. The standard InChI is InChI=1S/C48H43NO/c1-47(2,3)36-20-23-38(24-21-36)49(39-25-26-41-42-30-37(48(4,5)6)22-28-44(42)50-45(41)31-39)43-27-19-33-15-10-11-18-40(33)46(43)35-17-12-16-34(29-35)32-13-8-7-9-14-32/h7-31H,1-6H3. The first-order chi connectivity index (χ1) is 24.0. The molecule has 2 nitrogen and oxygen atoms in total. The van der Waals surface area contributed by atoms with Gasteiger partial charge in [0.05, 0.1) is 5.69 Å². The maximum absolute atomic E-state index is 6.57. The molecule has 0 saturated carbocycles. The lowest BCUT2D eigenvalue weighted by Crippen LogP contribution is -2.14. The molecule has 1 heterocycles. The number of benzene rings is 7. The minimum absolute atomic E-state index is 0.0500. The number of anilines is 3. The van der Waals surface area contributed by atoms with Crippen LogP contribution in [0.1, 0.15) is 52.7 Å². The molecule has 0 aliphatic carbocycles. The summed E-state index contributed by atoms with van der Waals surface area (Å²) in [7, 11) is 0. The molecule has 0 radical (unpaired) electrons. The average Bonchev–Trinajstić information content (AvgIpc) is 3.49. The van der Waals surface area contributed by atoms with E-state index in [9.17, 15) is 0 Å². The van der Waals surface area contributed by atoms with Crippen LogP contribution in [0.2, 0.25) is 0 Å². The van der Waals surface area contributed by atoms with Crippen molar-refractivity contribution < 1.29 is 4.42 Å². The molecule has 0 spiro atoms. The van der Waals surface area contributed by atoms with E-state index >= 15 is 0 Å². The summed E-state index contributed by atoms with van der Waals surface area (Å²) in [6, 6.07) is 55.2. The Morgan fingerprint density at radius 2 is 1.08 bits per heavy atom. The van der Waals surface area contributed by atoms with Crippen LogP contribution in [0.4, 0.5) is 17.1 Å². The number of hydrogen-bond donors (Lipinski definition) is 0. The molecule has 1 aromatic heterocycles. The van der Waals surface area contributed by atoms with Gasteiger partial charge in [-0.3, -0.25) is 0 Å². The van der Waals surface area contributed by atoms with E-state index in [0.29, 0.717) is 0 Å². The van der Waals surface area contributed by atoms with E-state index in [4.69, 9.17) is 4.42 Å². The van der Waals surface area contributed by atoms with Gasteiger partial charge in [0.1, 0.15) is 11.2 Å². The Labute approximate surface area is 295 Å². The van der Waals surface area contributed by atoms with Gasteiger partial charge in [-0.05, 0) is 98.0 Å². The van der Waals surface area contributed by atoms with Crippen LogP contribution in [0.25, 0.3) is 55.0 Å². The van der Waals surface area contributed by atoms with Crippen LogP contribution in [0.15, 0.2) is 156 Å². The van der Waals surface area contributed by atoms with E-state index in [2.05, 4.69) is 198 Å². The molecule has 0 amide bonds. The molecular weight excluding hydrogens is 607 g/mol. The van der Waals surface area contributed by atoms with E-state index in [-0.39, 0.29) is 10.8 Å². The summed E-state index contributed by atoms with van der Waals surface area (Å²) in [6.07, 6.45) is 0. The van der Waals surface area contributed by atoms with Gasteiger partial charge in [0, 0.05) is 33.8 Å². The fourth-order valence-electron chi connectivity index (χ4n) is 7.14. The minimum atomic E-state index is 0.0500. The summed E-state index contributed by atoms with van der Waals surface area (Å²) in [5, 5.41) is 4.71. The first-order valence-electron chi connectivity index (χ1n) is 17.6. The number of furan rings is 1. The molecule has 0 aliphatic rings. The van der Waals surface area contributed by atoms with Gasteiger partial charge in [0.2, 0.25) is 0 Å². The highest BCUT2D eigenvalue weighted by atomic mass is 16.3.